The van der Waals surface area contributed by atoms with Gasteiger partial charge in [-0.3, -0.25) is 0 Å². The molecule has 0 saturated carbocycles. The van der Waals surface area contributed by atoms with Crippen LogP contribution in [0.2, 0.25) is 0 Å². The maximum absolute atomic E-state index is 12.3. The zero-order chi connectivity index (χ0) is 21.8. The SMILES string of the molecule is COc1cc(/C=C2\N=C(c3ccccc3)OC2=O)cc(I)c1OCc1ccccc1I. The summed E-state index contributed by atoms with van der Waals surface area (Å²) < 4.78 is 19.0. The minimum Gasteiger partial charge on any atom is -0.493 e. The van der Waals surface area contributed by atoms with E-state index in [1.807, 2.05) is 66.7 Å². The molecule has 156 valence electrons. The van der Waals surface area contributed by atoms with Crippen LogP contribution in [0.3, 0.4) is 0 Å². The normalized spacial score (nSPS) is 14.4. The van der Waals surface area contributed by atoms with Crippen LogP contribution in [-0.4, -0.2) is 19.0 Å². The van der Waals surface area contributed by atoms with Crippen LogP contribution in [0.1, 0.15) is 16.7 Å². The van der Waals surface area contributed by atoms with Crippen molar-refractivity contribution in [1.82, 2.24) is 0 Å². The molecule has 0 amide bonds. The molecule has 7 heteroatoms. The van der Waals surface area contributed by atoms with E-state index in [9.17, 15) is 4.79 Å². The largest absolute Gasteiger partial charge is 0.493 e. The number of nitrogens with zero attached hydrogens (tertiary/aromatic N) is 1. The summed E-state index contributed by atoms with van der Waals surface area (Å²) in [6, 6.07) is 21.1. The van der Waals surface area contributed by atoms with Crippen molar-refractivity contribution >= 4 is 63.1 Å². The zero-order valence-electron chi connectivity index (χ0n) is 16.5. The predicted octanol–water partition coefficient (Wildman–Crippen LogP) is 5.83. The number of hydrogen-bond acceptors (Lipinski definition) is 5. The monoisotopic (exact) mass is 637 g/mol. The van der Waals surface area contributed by atoms with Gasteiger partial charge in [-0.15, -0.1) is 0 Å². The van der Waals surface area contributed by atoms with Gasteiger partial charge in [0, 0.05) is 14.7 Å². The third-order valence-electron chi connectivity index (χ3n) is 4.53. The van der Waals surface area contributed by atoms with E-state index in [2.05, 4.69) is 50.2 Å². The lowest BCUT2D eigenvalue weighted by atomic mass is 10.1. The molecule has 5 nitrogen and oxygen atoms in total. The first-order valence-electron chi connectivity index (χ1n) is 9.37. The molecule has 3 aromatic rings. The van der Waals surface area contributed by atoms with E-state index in [-0.39, 0.29) is 5.70 Å². The predicted molar refractivity (Wildman–Crippen MR) is 136 cm³/mol. The van der Waals surface area contributed by atoms with E-state index in [0.29, 0.717) is 24.0 Å². The summed E-state index contributed by atoms with van der Waals surface area (Å²) in [5, 5.41) is 0. The van der Waals surface area contributed by atoms with Crippen molar-refractivity contribution in [1.29, 1.82) is 0 Å². The van der Waals surface area contributed by atoms with Gasteiger partial charge in [-0.1, -0.05) is 36.4 Å². The number of hydrogen-bond donors (Lipinski definition) is 0. The summed E-state index contributed by atoms with van der Waals surface area (Å²) in [6.07, 6.45) is 1.69. The van der Waals surface area contributed by atoms with Crippen molar-refractivity contribution < 1.29 is 19.0 Å². The number of carbonyl (C=O) groups is 1. The number of methoxy groups -OCH3 is 1. The Bertz CT molecular complexity index is 1190. The molecule has 0 spiro atoms. The minimum atomic E-state index is -0.480. The van der Waals surface area contributed by atoms with Gasteiger partial charge in [-0.2, -0.15) is 0 Å². The number of cyclic esters (lactones) is 1. The highest BCUT2D eigenvalue weighted by molar-refractivity contribution is 14.1. The van der Waals surface area contributed by atoms with Crippen LogP contribution < -0.4 is 9.47 Å². The van der Waals surface area contributed by atoms with Gasteiger partial charge in [0.1, 0.15) is 6.61 Å². The first-order chi connectivity index (χ1) is 15.0. The van der Waals surface area contributed by atoms with Gasteiger partial charge in [-0.25, -0.2) is 9.79 Å². The van der Waals surface area contributed by atoms with Gasteiger partial charge >= 0.3 is 5.97 Å². The molecule has 1 aliphatic rings. The van der Waals surface area contributed by atoms with E-state index in [4.69, 9.17) is 14.2 Å². The maximum atomic E-state index is 12.3. The fourth-order valence-corrected chi connectivity index (χ4v) is 4.32. The Balaban J connectivity index is 1.60. The second kappa shape index (κ2) is 9.82. The molecular formula is C24H17I2NO4. The summed E-state index contributed by atoms with van der Waals surface area (Å²) in [6.45, 7) is 0.433. The molecule has 0 aromatic heterocycles. The van der Waals surface area contributed by atoms with Gasteiger partial charge in [0.15, 0.2) is 17.2 Å². The lowest BCUT2D eigenvalue weighted by Gasteiger charge is -2.14. The smallest absolute Gasteiger partial charge is 0.363 e. The molecule has 0 atom stereocenters. The van der Waals surface area contributed by atoms with Crippen LogP contribution in [0, 0.1) is 7.14 Å². The summed E-state index contributed by atoms with van der Waals surface area (Å²) >= 11 is 4.50. The quantitative estimate of drug-likeness (QED) is 0.194. The number of halogens is 2. The third kappa shape index (κ3) is 5.09. The van der Waals surface area contributed by atoms with E-state index < -0.39 is 5.97 Å². The van der Waals surface area contributed by atoms with Gasteiger partial charge in [0.25, 0.3) is 0 Å². The van der Waals surface area contributed by atoms with E-state index >= 15 is 0 Å². The lowest BCUT2D eigenvalue weighted by molar-refractivity contribution is -0.129. The highest BCUT2D eigenvalue weighted by atomic mass is 127. The summed E-state index contributed by atoms with van der Waals surface area (Å²) in [5.41, 5.74) is 2.87. The van der Waals surface area contributed by atoms with Crippen LogP contribution in [0.25, 0.3) is 6.08 Å². The zero-order valence-corrected chi connectivity index (χ0v) is 20.8. The molecular weight excluding hydrogens is 620 g/mol. The van der Waals surface area contributed by atoms with E-state index in [1.165, 1.54) is 0 Å². The first-order valence-corrected chi connectivity index (χ1v) is 11.5. The molecule has 0 aliphatic carbocycles. The van der Waals surface area contributed by atoms with Crippen LogP contribution in [0.4, 0.5) is 0 Å². The first kappa shape index (κ1) is 21.8. The Morgan fingerprint density at radius 1 is 1.00 bits per heavy atom. The fraction of sp³-hybridized carbons (Fsp3) is 0.0833. The van der Waals surface area contributed by atoms with Crippen molar-refractivity contribution in [3.63, 3.8) is 0 Å². The maximum Gasteiger partial charge on any atom is 0.363 e. The summed E-state index contributed by atoms with van der Waals surface area (Å²) in [5.74, 6) is 1.07. The number of ether oxygens (including phenoxy) is 3. The molecule has 0 fully saturated rings. The van der Waals surface area contributed by atoms with Crippen molar-refractivity contribution in [3.05, 3.63) is 96.3 Å². The van der Waals surface area contributed by atoms with Crippen LogP contribution in [-0.2, 0) is 16.1 Å². The second-order valence-electron chi connectivity index (χ2n) is 6.62. The highest BCUT2D eigenvalue weighted by Gasteiger charge is 2.24. The Hall–Kier alpha value is -2.40. The van der Waals surface area contributed by atoms with Crippen molar-refractivity contribution in [2.45, 2.75) is 6.61 Å². The highest BCUT2D eigenvalue weighted by Crippen LogP contribution is 2.36. The van der Waals surface area contributed by atoms with E-state index in [1.54, 1.807) is 13.2 Å². The molecule has 31 heavy (non-hydrogen) atoms. The Labute approximate surface area is 207 Å². The third-order valence-corrected chi connectivity index (χ3v) is 6.38. The Morgan fingerprint density at radius 2 is 1.74 bits per heavy atom. The number of carbonyl (C=O) groups excluding carboxylic acids is 1. The molecule has 1 aliphatic heterocycles. The average molecular weight is 637 g/mol. The number of rotatable bonds is 6. The fourth-order valence-electron chi connectivity index (χ4n) is 3.00. The van der Waals surface area contributed by atoms with Crippen molar-refractivity contribution in [2.75, 3.05) is 7.11 Å². The summed E-state index contributed by atoms with van der Waals surface area (Å²) in [7, 11) is 1.59. The Morgan fingerprint density at radius 3 is 2.48 bits per heavy atom. The standard InChI is InChI=1S/C24H17I2NO4/c1-29-21-13-15(11-19(26)22(21)30-14-17-9-5-6-10-18(17)25)12-20-24(28)31-23(27-20)16-7-3-2-4-8-16/h2-13H,14H2,1H3/b20-12-. The number of esters is 1. The average Bonchev–Trinajstić information content (AvgIpc) is 3.14. The van der Waals surface area contributed by atoms with Crippen LogP contribution in [0.5, 0.6) is 11.5 Å². The molecule has 3 aromatic carbocycles. The molecule has 4 rings (SSSR count). The van der Waals surface area contributed by atoms with Crippen LogP contribution in [0.15, 0.2) is 77.4 Å². The molecule has 0 N–H and O–H groups in total. The second-order valence-corrected chi connectivity index (χ2v) is 8.94. The number of aliphatic imine (C=N–C) groups is 1. The summed E-state index contributed by atoms with van der Waals surface area (Å²) in [4.78, 5) is 16.7. The van der Waals surface area contributed by atoms with Gasteiger partial charge < -0.3 is 14.2 Å². The van der Waals surface area contributed by atoms with Crippen molar-refractivity contribution in [2.24, 2.45) is 4.99 Å². The molecule has 1 heterocycles. The van der Waals surface area contributed by atoms with Crippen LogP contribution >= 0.6 is 45.2 Å². The van der Waals surface area contributed by atoms with Gasteiger partial charge in [0.2, 0.25) is 5.90 Å². The van der Waals surface area contributed by atoms with Crippen molar-refractivity contribution in [3.8, 4) is 11.5 Å². The van der Waals surface area contributed by atoms with Gasteiger partial charge in [-0.05, 0) is 87.2 Å². The lowest BCUT2D eigenvalue weighted by Crippen LogP contribution is -2.05. The molecule has 0 unspecified atom stereocenters. The molecule has 0 bridgehead atoms. The molecule has 0 radical (unpaired) electrons. The van der Waals surface area contributed by atoms with E-state index in [0.717, 1.165) is 23.8 Å². The van der Waals surface area contributed by atoms with Gasteiger partial charge in [0.05, 0.1) is 10.7 Å². The Kier molecular flexibility index (Phi) is 6.91. The topological polar surface area (TPSA) is 57.1 Å². The number of benzene rings is 3. The molecule has 0 saturated heterocycles. The minimum absolute atomic E-state index is 0.240.